The van der Waals surface area contributed by atoms with E-state index in [1.54, 1.807) is 19.4 Å². The zero-order chi connectivity index (χ0) is 16.1. The normalized spacial score (nSPS) is 13.4. The third-order valence-corrected chi connectivity index (χ3v) is 3.77. The average Bonchev–Trinajstić information content (AvgIpc) is 3.39. The Kier molecular flexibility index (Phi) is 4.76. The quantitative estimate of drug-likeness (QED) is 0.825. The highest BCUT2D eigenvalue weighted by atomic mass is 16.5. The Morgan fingerprint density at radius 2 is 2.17 bits per heavy atom. The minimum atomic E-state index is -0.146. The summed E-state index contributed by atoms with van der Waals surface area (Å²) in [6.07, 6.45) is 4.82. The number of methoxy groups -OCH3 is 1. The Balaban J connectivity index is 1.52. The Bertz CT molecular complexity index is 683. The second-order valence-electron chi connectivity index (χ2n) is 5.71. The molecule has 5 heteroatoms. The summed E-state index contributed by atoms with van der Waals surface area (Å²) in [5.74, 6) is 0.682. The summed E-state index contributed by atoms with van der Waals surface area (Å²) >= 11 is 0. The molecule has 2 N–H and O–H groups in total. The number of anilines is 1. The van der Waals surface area contributed by atoms with E-state index in [9.17, 15) is 4.79 Å². The van der Waals surface area contributed by atoms with E-state index in [2.05, 4.69) is 15.6 Å². The third-order valence-electron chi connectivity index (χ3n) is 3.77. The number of amides is 1. The minimum absolute atomic E-state index is 0.146. The van der Waals surface area contributed by atoms with Crippen LogP contribution in [0.1, 0.15) is 28.9 Å². The molecule has 1 amide bonds. The molecule has 1 aliphatic rings. The van der Waals surface area contributed by atoms with Crippen LogP contribution in [0.3, 0.4) is 0 Å². The van der Waals surface area contributed by atoms with Crippen LogP contribution in [-0.4, -0.2) is 30.6 Å². The number of nitrogens with one attached hydrogen (secondary N) is 2. The fraction of sp³-hybridized carbons (Fsp3) is 0.333. The number of hydrogen-bond acceptors (Lipinski definition) is 4. The average molecular weight is 311 g/mol. The highest BCUT2D eigenvalue weighted by Crippen LogP contribution is 2.24. The summed E-state index contributed by atoms with van der Waals surface area (Å²) in [5, 5.41) is 6.28. The molecule has 1 saturated carbocycles. The molecule has 0 saturated heterocycles. The van der Waals surface area contributed by atoms with Gasteiger partial charge in [0.05, 0.1) is 7.11 Å². The molecule has 120 valence electrons. The number of pyridine rings is 1. The highest BCUT2D eigenvalue weighted by Gasteiger charge is 2.21. The van der Waals surface area contributed by atoms with Crippen LogP contribution in [0, 0.1) is 0 Å². The van der Waals surface area contributed by atoms with Crippen LogP contribution in [0.15, 0.2) is 42.6 Å². The molecule has 5 nitrogen and oxygen atoms in total. The van der Waals surface area contributed by atoms with E-state index in [0.717, 1.165) is 23.4 Å². The third kappa shape index (κ3) is 4.45. The molecule has 0 bridgehead atoms. The number of benzene rings is 1. The van der Waals surface area contributed by atoms with Crippen LogP contribution in [0.25, 0.3) is 0 Å². The van der Waals surface area contributed by atoms with Crippen LogP contribution in [0.4, 0.5) is 5.69 Å². The lowest BCUT2D eigenvalue weighted by Gasteiger charge is -2.08. The predicted octanol–water partition coefficient (Wildman–Crippen LogP) is 2.64. The summed E-state index contributed by atoms with van der Waals surface area (Å²) in [6.45, 7) is 0.563. The highest BCUT2D eigenvalue weighted by molar-refractivity contribution is 5.93. The van der Waals surface area contributed by atoms with Crippen molar-refractivity contribution in [2.75, 3.05) is 19.0 Å². The summed E-state index contributed by atoms with van der Waals surface area (Å²) in [7, 11) is 1.65. The Labute approximate surface area is 136 Å². The van der Waals surface area contributed by atoms with E-state index in [-0.39, 0.29) is 5.91 Å². The summed E-state index contributed by atoms with van der Waals surface area (Å²) in [4.78, 5) is 16.3. The smallest absolute Gasteiger partial charge is 0.269 e. The Morgan fingerprint density at radius 1 is 1.30 bits per heavy atom. The van der Waals surface area contributed by atoms with Gasteiger partial charge < -0.3 is 15.4 Å². The first-order chi connectivity index (χ1) is 11.2. The van der Waals surface area contributed by atoms with Crippen molar-refractivity contribution in [2.24, 2.45) is 0 Å². The maximum absolute atomic E-state index is 12.2. The molecule has 0 radical (unpaired) electrons. The fourth-order valence-electron chi connectivity index (χ4n) is 2.35. The largest absolute Gasteiger partial charge is 0.497 e. The molecule has 1 heterocycles. The molecule has 1 aliphatic carbocycles. The summed E-state index contributed by atoms with van der Waals surface area (Å²) < 4.78 is 5.20. The van der Waals surface area contributed by atoms with Gasteiger partial charge in [-0.1, -0.05) is 12.1 Å². The van der Waals surface area contributed by atoms with Gasteiger partial charge in [0.15, 0.2) is 0 Å². The monoisotopic (exact) mass is 311 g/mol. The van der Waals surface area contributed by atoms with E-state index in [4.69, 9.17) is 4.74 Å². The number of hydrogen-bond donors (Lipinski definition) is 2. The Hall–Kier alpha value is -2.56. The molecular formula is C18H21N3O2. The van der Waals surface area contributed by atoms with Gasteiger partial charge in [0.2, 0.25) is 0 Å². The zero-order valence-corrected chi connectivity index (χ0v) is 13.2. The number of carbonyl (C=O) groups is 1. The van der Waals surface area contributed by atoms with Gasteiger partial charge in [-0.2, -0.15) is 0 Å². The molecule has 23 heavy (non-hydrogen) atoms. The van der Waals surface area contributed by atoms with Crippen molar-refractivity contribution < 1.29 is 9.53 Å². The lowest BCUT2D eigenvalue weighted by Crippen LogP contribution is -2.26. The molecule has 1 aromatic carbocycles. The maximum atomic E-state index is 12.2. The van der Waals surface area contributed by atoms with Gasteiger partial charge in [-0.3, -0.25) is 9.78 Å². The van der Waals surface area contributed by atoms with Crippen molar-refractivity contribution in [3.8, 4) is 5.75 Å². The summed E-state index contributed by atoms with van der Waals surface area (Å²) in [6, 6.07) is 12.1. The zero-order valence-electron chi connectivity index (χ0n) is 13.2. The van der Waals surface area contributed by atoms with E-state index < -0.39 is 0 Å². The number of rotatable bonds is 7. The lowest BCUT2D eigenvalue weighted by molar-refractivity contribution is 0.0949. The summed E-state index contributed by atoms with van der Waals surface area (Å²) in [5.41, 5.74) is 2.53. The number of ether oxygens (including phenoxy) is 1. The molecule has 0 aliphatic heterocycles. The van der Waals surface area contributed by atoms with Gasteiger partial charge in [0, 0.05) is 24.5 Å². The van der Waals surface area contributed by atoms with Crippen LogP contribution in [0.2, 0.25) is 0 Å². The molecule has 1 fully saturated rings. The molecule has 0 unspecified atom stereocenters. The van der Waals surface area contributed by atoms with Crippen molar-refractivity contribution >= 4 is 11.6 Å². The number of aromatic nitrogens is 1. The Morgan fingerprint density at radius 3 is 2.96 bits per heavy atom. The topological polar surface area (TPSA) is 63.2 Å². The second-order valence-corrected chi connectivity index (χ2v) is 5.71. The first-order valence-corrected chi connectivity index (χ1v) is 7.88. The van der Waals surface area contributed by atoms with E-state index in [0.29, 0.717) is 18.3 Å². The van der Waals surface area contributed by atoms with Crippen LogP contribution in [-0.2, 0) is 6.42 Å². The van der Waals surface area contributed by atoms with Crippen LogP contribution >= 0.6 is 0 Å². The van der Waals surface area contributed by atoms with E-state index in [1.165, 1.54) is 12.8 Å². The minimum Gasteiger partial charge on any atom is -0.497 e. The SMILES string of the molecule is COc1cccc(CCNC(=O)c2cc(NC3CC3)ccn2)c1. The van der Waals surface area contributed by atoms with Gasteiger partial charge in [-0.25, -0.2) is 0 Å². The fourth-order valence-corrected chi connectivity index (χ4v) is 2.35. The molecule has 1 aromatic heterocycles. The van der Waals surface area contributed by atoms with Crippen molar-refractivity contribution in [3.05, 3.63) is 53.9 Å². The predicted molar refractivity (Wildman–Crippen MR) is 89.9 cm³/mol. The van der Waals surface area contributed by atoms with Gasteiger partial charge >= 0.3 is 0 Å². The van der Waals surface area contributed by atoms with Crippen molar-refractivity contribution in [1.82, 2.24) is 10.3 Å². The van der Waals surface area contributed by atoms with Gasteiger partial charge in [0.1, 0.15) is 11.4 Å². The first-order valence-electron chi connectivity index (χ1n) is 7.88. The maximum Gasteiger partial charge on any atom is 0.269 e. The van der Waals surface area contributed by atoms with E-state index in [1.807, 2.05) is 30.3 Å². The number of carbonyl (C=O) groups excluding carboxylic acids is 1. The van der Waals surface area contributed by atoms with Gasteiger partial charge in [-0.15, -0.1) is 0 Å². The molecular weight excluding hydrogens is 290 g/mol. The van der Waals surface area contributed by atoms with E-state index >= 15 is 0 Å². The van der Waals surface area contributed by atoms with Crippen LogP contribution in [0.5, 0.6) is 5.75 Å². The first kappa shape index (κ1) is 15.3. The van der Waals surface area contributed by atoms with Crippen LogP contribution < -0.4 is 15.4 Å². The lowest BCUT2D eigenvalue weighted by atomic mass is 10.1. The van der Waals surface area contributed by atoms with Gasteiger partial charge in [0.25, 0.3) is 5.91 Å². The second kappa shape index (κ2) is 7.13. The number of nitrogens with zero attached hydrogens (tertiary/aromatic N) is 1. The van der Waals surface area contributed by atoms with Crippen molar-refractivity contribution in [3.63, 3.8) is 0 Å². The molecule has 0 atom stereocenters. The molecule has 0 spiro atoms. The standard InChI is InChI=1S/C18H21N3O2/c1-23-16-4-2-3-13(11-16)7-9-20-18(22)17-12-15(8-10-19-17)21-14-5-6-14/h2-4,8,10-12,14H,5-7,9H2,1H3,(H,19,21)(H,20,22). The molecule has 2 aromatic rings. The van der Waals surface area contributed by atoms with Crippen molar-refractivity contribution in [2.45, 2.75) is 25.3 Å². The van der Waals surface area contributed by atoms with Crippen molar-refractivity contribution in [1.29, 1.82) is 0 Å². The van der Waals surface area contributed by atoms with Gasteiger partial charge in [-0.05, 0) is 49.1 Å². The molecule has 3 rings (SSSR count).